The number of hydrogen-bond acceptors (Lipinski definition) is 2. The molecule has 0 aliphatic carbocycles. The maximum absolute atomic E-state index is 13.0. The second-order valence-corrected chi connectivity index (χ2v) is 5.50. The second-order valence-electron chi connectivity index (χ2n) is 4.65. The number of benzene rings is 1. The molecule has 18 heavy (non-hydrogen) atoms. The van der Waals surface area contributed by atoms with Gasteiger partial charge >= 0.3 is 5.97 Å². The van der Waals surface area contributed by atoms with Crippen molar-refractivity contribution in [2.75, 3.05) is 0 Å². The monoisotopic (exact) mass is 317 g/mol. The summed E-state index contributed by atoms with van der Waals surface area (Å²) in [4.78, 5) is 11.0. The molecular weight excluding hydrogens is 301 g/mol. The molecule has 0 saturated heterocycles. The van der Waals surface area contributed by atoms with E-state index >= 15 is 0 Å². The molecule has 100 valence electrons. The van der Waals surface area contributed by atoms with Gasteiger partial charge in [0.1, 0.15) is 11.9 Å². The van der Waals surface area contributed by atoms with E-state index in [9.17, 15) is 9.18 Å². The van der Waals surface area contributed by atoms with Gasteiger partial charge in [-0.15, -0.1) is 0 Å². The van der Waals surface area contributed by atoms with Gasteiger partial charge in [-0.1, -0.05) is 19.9 Å². The molecule has 0 heterocycles. The second kappa shape index (κ2) is 6.85. The highest BCUT2D eigenvalue weighted by Crippen LogP contribution is 2.17. The lowest BCUT2D eigenvalue weighted by molar-refractivity contribution is -0.140. The third kappa shape index (κ3) is 4.74. The van der Waals surface area contributed by atoms with Crippen molar-refractivity contribution in [2.24, 2.45) is 5.92 Å². The lowest BCUT2D eigenvalue weighted by Crippen LogP contribution is -2.37. The van der Waals surface area contributed by atoms with E-state index in [-0.39, 0.29) is 5.82 Å². The van der Waals surface area contributed by atoms with Crippen LogP contribution in [0.2, 0.25) is 0 Å². The first kappa shape index (κ1) is 15.1. The quantitative estimate of drug-likeness (QED) is 0.847. The lowest BCUT2D eigenvalue weighted by Gasteiger charge is -2.16. The molecule has 1 aromatic rings. The van der Waals surface area contributed by atoms with Gasteiger partial charge in [-0.25, -0.2) is 4.39 Å². The average Bonchev–Trinajstić information content (AvgIpc) is 2.28. The third-order valence-corrected chi connectivity index (χ3v) is 3.15. The molecule has 0 unspecified atom stereocenters. The normalized spacial score (nSPS) is 12.7. The Hall–Kier alpha value is -0.940. The number of halogens is 2. The summed E-state index contributed by atoms with van der Waals surface area (Å²) in [7, 11) is 0. The summed E-state index contributed by atoms with van der Waals surface area (Å²) in [5.41, 5.74) is 0.846. The van der Waals surface area contributed by atoms with Crippen molar-refractivity contribution in [3.05, 3.63) is 34.1 Å². The molecule has 0 aromatic heterocycles. The molecule has 1 aromatic carbocycles. The van der Waals surface area contributed by atoms with Crippen LogP contribution in [0.3, 0.4) is 0 Å². The molecule has 2 N–H and O–H groups in total. The maximum atomic E-state index is 13.0. The van der Waals surface area contributed by atoms with E-state index in [1.807, 2.05) is 13.8 Å². The van der Waals surface area contributed by atoms with Crippen LogP contribution >= 0.6 is 15.9 Å². The number of aliphatic carboxylic acids is 1. The predicted octanol–water partition coefficient (Wildman–Crippen LogP) is 3.18. The number of carboxylic acid groups (broad SMARTS) is 1. The minimum Gasteiger partial charge on any atom is -0.480 e. The zero-order chi connectivity index (χ0) is 13.7. The molecule has 0 radical (unpaired) electrons. The highest BCUT2D eigenvalue weighted by molar-refractivity contribution is 9.10. The first-order chi connectivity index (χ1) is 8.40. The van der Waals surface area contributed by atoms with Crippen LogP contribution < -0.4 is 5.32 Å². The molecule has 0 aliphatic rings. The van der Waals surface area contributed by atoms with Crippen LogP contribution in [0.15, 0.2) is 22.7 Å². The Morgan fingerprint density at radius 3 is 2.67 bits per heavy atom. The Kier molecular flexibility index (Phi) is 5.75. The summed E-state index contributed by atoms with van der Waals surface area (Å²) < 4.78 is 13.4. The molecule has 0 saturated carbocycles. The summed E-state index contributed by atoms with van der Waals surface area (Å²) >= 11 is 3.10. The number of carbonyl (C=O) groups is 1. The molecule has 0 spiro atoms. The summed E-state index contributed by atoms with van der Waals surface area (Å²) in [6.45, 7) is 4.36. The summed E-state index contributed by atoms with van der Waals surface area (Å²) in [6, 6.07) is 4.07. The van der Waals surface area contributed by atoms with Crippen LogP contribution in [-0.4, -0.2) is 17.1 Å². The van der Waals surface area contributed by atoms with Crippen LogP contribution in [0.4, 0.5) is 4.39 Å². The Balaban J connectivity index is 2.61. The number of hydrogen-bond donors (Lipinski definition) is 2. The molecule has 1 rings (SSSR count). The van der Waals surface area contributed by atoms with Crippen molar-refractivity contribution in [1.82, 2.24) is 5.32 Å². The number of rotatable bonds is 6. The molecule has 0 amide bonds. The van der Waals surface area contributed by atoms with E-state index in [1.54, 1.807) is 12.1 Å². The van der Waals surface area contributed by atoms with E-state index in [0.29, 0.717) is 23.4 Å². The fraction of sp³-hybridized carbons (Fsp3) is 0.462. The van der Waals surface area contributed by atoms with E-state index in [2.05, 4.69) is 21.2 Å². The van der Waals surface area contributed by atoms with Gasteiger partial charge in [0.05, 0.1) is 4.47 Å². The SMILES string of the molecule is CC(C)C[C@H](NCc1ccc(F)c(Br)c1)C(=O)O. The largest absolute Gasteiger partial charge is 0.480 e. The zero-order valence-corrected chi connectivity index (χ0v) is 12.0. The van der Waals surface area contributed by atoms with Gasteiger partial charge in [0.15, 0.2) is 0 Å². The van der Waals surface area contributed by atoms with Crippen LogP contribution in [0.1, 0.15) is 25.8 Å². The van der Waals surface area contributed by atoms with Crippen LogP contribution in [0.25, 0.3) is 0 Å². The summed E-state index contributed by atoms with van der Waals surface area (Å²) in [5.74, 6) is -0.876. The Morgan fingerprint density at radius 2 is 2.17 bits per heavy atom. The molecule has 3 nitrogen and oxygen atoms in total. The first-order valence-corrected chi connectivity index (χ1v) is 6.59. The molecule has 0 fully saturated rings. The Labute approximate surface area is 115 Å². The van der Waals surface area contributed by atoms with Gasteiger partial charge in [-0.3, -0.25) is 4.79 Å². The van der Waals surface area contributed by atoms with Gasteiger partial charge in [0.2, 0.25) is 0 Å². The molecular formula is C13H17BrFNO2. The van der Waals surface area contributed by atoms with Crippen molar-refractivity contribution in [2.45, 2.75) is 32.9 Å². The summed E-state index contributed by atoms with van der Waals surface area (Å²) in [5, 5.41) is 12.0. The predicted molar refractivity (Wildman–Crippen MR) is 71.8 cm³/mol. The van der Waals surface area contributed by atoms with E-state index in [1.165, 1.54) is 6.07 Å². The van der Waals surface area contributed by atoms with Crippen molar-refractivity contribution < 1.29 is 14.3 Å². The average molecular weight is 318 g/mol. The molecule has 1 atom stereocenters. The molecule has 0 aliphatic heterocycles. The zero-order valence-electron chi connectivity index (χ0n) is 10.4. The molecule has 0 bridgehead atoms. The van der Waals surface area contributed by atoms with Crippen molar-refractivity contribution >= 4 is 21.9 Å². The van der Waals surface area contributed by atoms with Crippen LogP contribution in [-0.2, 0) is 11.3 Å². The Morgan fingerprint density at radius 1 is 1.50 bits per heavy atom. The maximum Gasteiger partial charge on any atom is 0.320 e. The van der Waals surface area contributed by atoms with Crippen molar-refractivity contribution in [3.63, 3.8) is 0 Å². The lowest BCUT2D eigenvalue weighted by atomic mass is 10.0. The molecule has 5 heteroatoms. The highest BCUT2D eigenvalue weighted by Gasteiger charge is 2.17. The van der Waals surface area contributed by atoms with Gasteiger partial charge < -0.3 is 10.4 Å². The number of carboxylic acids is 1. The minimum absolute atomic E-state index is 0.304. The minimum atomic E-state index is -0.857. The fourth-order valence-electron chi connectivity index (χ4n) is 1.63. The standard InChI is InChI=1S/C13H17BrFNO2/c1-8(2)5-12(13(17)18)16-7-9-3-4-11(15)10(14)6-9/h3-4,6,8,12,16H,5,7H2,1-2H3,(H,17,18)/t12-/m0/s1. The van der Waals surface area contributed by atoms with E-state index < -0.39 is 12.0 Å². The fourth-order valence-corrected chi connectivity index (χ4v) is 2.06. The van der Waals surface area contributed by atoms with Crippen LogP contribution in [0.5, 0.6) is 0 Å². The van der Waals surface area contributed by atoms with Gasteiger partial charge in [0.25, 0.3) is 0 Å². The van der Waals surface area contributed by atoms with Crippen molar-refractivity contribution in [1.29, 1.82) is 0 Å². The Bertz CT molecular complexity index is 423. The topological polar surface area (TPSA) is 49.3 Å². The highest BCUT2D eigenvalue weighted by atomic mass is 79.9. The van der Waals surface area contributed by atoms with Gasteiger partial charge in [-0.2, -0.15) is 0 Å². The summed E-state index contributed by atoms with van der Waals surface area (Å²) in [6.07, 6.45) is 0.567. The third-order valence-electron chi connectivity index (χ3n) is 2.54. The van der Waals surface area contributed by atoms with E-state index in [4.69, 9.17) is 5.11 Å². The first-order valence-electron chi connectivity index (χ1n) is 5.80. The van der Waals surface area contributed by atoms with Gasteiger partial charge in [-0.05, 0) is 46.0 Å². The van der Waals surface area contributed by atoms with Gasteiger partial charge in [0, 0.05) is 6.54 Å². The smallest absolute Gasteiger partial charge is 0.320 e. The van der Waals surface area contributed by atoms with Crippen molar-refractivity contribution in [3.8, 4) is 0 Å². The van der Waals surface area contributed by atoms with E-state index in [0.717, 1.165) is 5.56 Å². The van der Waals surface area contributed by atoms with Crippen LogP contribution in [0, 0.1) is 11.7 Å². The number of nitrogens with one attached hydrogen (secondary N) is 1.